The lowest BCUT2D eigenvalue weighted by Gasteiger charge is -2.43. The van der Waals surface area contributed by atoms with Crippen LogP contribution in [0.5, 0.6) is 0 Å². The van der Waals surface area contributed by atoms with Crippen molar-refractivity contribution >= 4 is 11.9 Å². The Labute approximate surface area is 199 Å². The SMILES string of the molecule is Cc1ccc(C#CC2CC2)c(C(=O)N2CC(F)(F)C[C@@H](C)C2CNc2ncc(C(F)(F)F)cn2)n1. The number of hydrogen-bond donors (Lipinski definition) is 1. The Morgan fingerprint density at radius 2 is 1.91 bits per heavy atom. The summed E-state index contributed by atoms with van der Waals surface area (Å²) in [6, 6.07) is 2.68. The number of alkyl halides is 5. The van der Waals surface area contributed by atoms with Crippen molar-refractivity contribution in [1.82, 2.24) is 19.9 Å². The van der Waals surface area contributed by atoms with E-state index in [0.717, 1.165) is 17.7 Å². The summed E-state index contributed by atoms with van der Waals surface area (Å²) in [6.45, 7) is 2.47. The largest absolute Gasteiger partial charge is 0.419 e. The summed E-state index contributed by atoms with van der Waals surface area (Å²) in [5.41, 5.74) is -0.0588. The molecule has 1 saturated carbocycles. The van der Waals surface area contributed by atoms with Crippen LogP contribution in [0, 0.1) is 30.6 Å². The van der Waals surface area contributed by atoms with E-state index in [1.165, 1.54) is 0 Å². The van der Waals surface area contributed by atoms with Crippen LogP contribution in [-0.4, -0.2) is 50.8 Å². The number of carbonyl (C=O) groups is 1. The number of nitrogens with zero attached hydrogens (tertiary/aromatic N) is 4. The zero-order chi connectivity index (χ0) is 25.4. The van der Waals surface area contributed by atoms with Gasteiger partial charge in [-0.05, 0) is 37.8 Å². The fourth-order valence-electron chi connectivity index (χ4n) is 4.00. The topological polar surface area (TPSA) is 71.0 Å². The van der Waals surface area contributed by atoms with Gasteiger partial charge in [0.15, 0.2) is 0 Å². The number of anilines is 1. The molecule has 1 N–H and O–H groups in total. The third kappa shape index (κ3) is 6.05. The van der Waals surface area contributed by atoms with Crippen molar-refractivity contribution < 1.29 is 26.7 Å². The summed E-state index contributed by atoms with van der Waals surface area (Å²) in [7, 11) is 0. The number of aryl methyl sites for hydroxylation is 1. The van der Waals surface area contributed by atoms with Gasteiger partial charge in [-0.15, -0.1) is 0 Å². The Morgan fingerprint density at radius 3 is 2.54 bits per heavy atom. The Kier molecular flexibility index (Phi) is 6.66. The van der Waals surface area contributed by atoms with Gasteiger partial charge in [-0.3, -0.25) is 4.79 Å². The highest BCUT2D eigenvalue weighted by molar-refractivity contribution is 5.95. The summed E-state index contributed by atoms with van der Waals surface area (Å²) >= 11 is 0. The van der Waals surface area contributed by atoms with Gasteiger partial charge in [0.2, 0.25) is 5.95 Å². The molecule has 2 aromatic rings. The van der Waals surface area contributed by atoms with E-state index in [9.17, 15) is 26.7 Å². The van der Waals surface area contributed by atoms with E-state index in [-0.39, 0.29) is 24.1 Å². The second-order valence-corrected chi connectivity index (χ2v) is 9.10. The fraction of sp³-hybridized carbons (Fsp3) is 0.500. The molecule has 6 nitrogen and oxygen atoms in total. The van der Waals surface area contributed by atoms with E-state index in [1.807, 2.05) is 0 Å². The molecule has 1 aliphatic heterocycles. The lowest BCUT2D eigenvalue weighted by atomic mass is 9.88. The Balaban J connectivity index is 1.58. The summed E-state index contributed by atoms with van der Waals surface area (Å²) < 4.78 is 67.3. The van der Waals surface area contributed by atoms with Crippen LogP contribution in [0.1, 0.15) is 53.5 Å². The number of aromatic nitrogens is 3. The van der Waals surface area contributed by atoms with Gasteiger partial charge in [0.1, 0.15) is 5.69 Å². The number of carbonyl (C=O) groups excluding carboxylic acids is 1. The number of nitrogens with one attached hydrogen (secondary N) is 1. The molecule has 186 valence electrons. The van der Waals surface area contributed by atoms with Gasteiger partial charge in [0.05, 0.1) is 23.7 Å². The molecular formula is C24H24F5N5O. The molecule has 2 fully saturated rings. The number of amides is 1. The van der Waals surface area contributed by atoms with Crippen molar-refractivity contribution in [2.75, 3.05) is 18.4 Å². The molecule has 4 rings (SSSR count). The van der Waals surface area contributed by atoms with Crippen LogP contribution in [0.4, 0.5) is 27.9 Å². The third-order valence-electron chi connectivity index (χ3n) is 6.01. The highest BCUT2D eigenvalue weighted by Crippen LogP contribution is 2.35. The van der Waals surface area contributed by atoms with E-state index in [0.29, 0.717) is 23.7 Å². The Bertz CT molecular complexity index is 1150. The van der Waals surface area contributed by atoms with Crippen LogP contribution >= 0.6 is 0 Å². The minimum absolute atomic E-state index is 0.0128. The van der Waals surface area contributed by atoms with Crippen LogP contribution in [0.15, 0.2) is 24.5 Å². The maximum absolute atomic E-state index is 14.5. The molecule has 2 aliphatic rings. The Morgan fingerprint density at radius 1 is 1.23 bits per heavy atom. The van der Waals surface area contributed by atoms with Crippen molar-refractivity contribution in [3.63, 3.8) is 0 Å². The van der Waals surface area contributed by atoms with Gasteiger partial charge < -0.3 is 10.2 Å². The van der Waals surface area contributed by atoms with Crippen molar-refractivity contribution in [1.29, 1.82) is 0 Å². The molecule has 0 radical (unpaired) electrons. The minimum Gasteiger partial charge on any atom is -0.352 e. The van der Waals surface area contributed by atoms with Crippen LogP contribution in [0.25, 0.3) is 0 Å². The fourth-order valence-corrected chi connectivity index (χ4v) is 4.00. The average Bonchev–Trinajstić information content (AvgIpc) is 3.60. The summed E-state index contributed by atoms with van der Waals surface area (Å²) in [4.78, 5) is 26.2. The summed E-state index contributed by atoms with van der Waals surface area (Å²) in [5.74, 6) is 1.84. The quantitative estimate of drug-likeness (QED) is 0.500. The average molecular weight is 493 g/mol. The molecule has 3 heterocycles. The lowest BCUT2D eigenvalue weighted by Crippen LogP contribution is -2.57. The van der Waals surface area contributed by atoms with Gasteiger partial charge in [0, 0.05) is 37.0 Å². The zero-order valence-electron chi connectivity index (χ0n) is 19.2. The molecule has 11 heteroatoms. The van der Waals surface area contributed by atoms with Gasteiger partial charge >= 0.3 is 6.18 Å². The van der Waals surface area contributed by atoms with Crippen LogP contribution in [-0.2, 0) is 6.18 Å². The number of pyridine rings is 1. The molecule has 0 aromatic carbocycles. The molecular weight excluding hydrogens is 469 g/mol. The highest BCUT2D eigenvalue weighted by atomic mass is 19.4. The van der Waals surface area contributed by atoms with E-state index in [2.05, 4.69) is 32.1 Å². The van der Waals surface area contributed by atoms with Crippen molar-refractivity contribution in [3.8, 4) is 11.8 Å². The molecule has 0 spiro atoms. The minimum atomic E-state index is -4.58. The molecule has 1 amide bonds. The van der Waals surface area contributed by atoms with Crippen LogP contribution in [0.3, 0.4) is 0 Å². The van der Waals surface area contributed by atoms with Gasteiger partial charge in [-0.1, -0.05) is 18.8 Å². The third-order valence-corrected chi connectivity index (χ3v) is 6.01. The molecule has 1 unspecified atom stereocenters. The first-order valence-electron chi connectivity index (χ1n) is 11.2. The van der Waals surface area contributed by atoms with Crippen molar-refractivity contribution in [2.45, 2.75) is 51.3 Å². The lowest BCUT2D eigenvalue weighted by molar-refractivity contribution is -0.138. The van der Waals surface area contributed by atoms with E-state index < -0.39 is 48.5 Å². The normalized spacial score (nSPS) is 21.7. The number of likely N-dealkylation sites (tertiary alicyclic amines) is 1. The van der Waals surface area contributed by atoms with Crippen molar-refractivity contribution in [2.24, 2.45) is 11.8 Å². The monoisotopic (exact) mass is 493 g/mol. The first kappa shape index (κ1) is 24.8. The van der Waals surface area contributed by atoms with Gasteiger partial charge in [-0.25, -0.2) is 23.7 Å². The van der Waals surface area contributed by atoms with Crippen LogP contribution < -0.4 is 5.32 Å². The van der Waals surface area contributed by atoms with Crippen molar-refractivity contribution in [3.05, 3.63) is 47.0 Å². The molecule has 2 atom stereocenters. The predicted molar refractivity (Wildman–Crippen MR) is 118 cm³/mol. The zero-order valence-corrected chi connectivity index (χ0v) is 19.2. The Hall–Kier alpha value is -3.29. The van der Waals surface area contributed by atoms with Gasteiger partial charge in [-0.2, -0.15) is 13.2 Å². The van der Waals surface area contributed by atoms with Crippen LogP contribution in [0.2, 0.25) is 0 Å². The van der Waals surface area contributed by atoms with Gasteiger partial charge in [0.25, 0.3) is 11.8 Å². The summed E-state index contributed by atoms with van der Waals surface area (Å²) in [6.07, 6.45) is -1.76. The number of halogens is 5. The molecule has 1 aliphatic carbocycles. The molecule has 0 bridgehead atoms. The molecule has 1 saturated heterocycles. The molecule has 35 heavy (non-hydrogen) atoms. The predicted octanol–water partition coefficient (Wildman–Crippen LogP) is 4.56. The summed E-state index contributed by atoms with van der Waals surface area (Å²) in [5, 5.41) is 2.78. The van der Waals surface area contributed by atoms with E-state index >= 15 is 0 Å². The number of hydrogen-bond acceptors (Lipinski definition) is 5. The second kappa shape index (κ2) is 9.40. The number of piperidine rings is 1. The first-order valence-corrected chi connectivity index (χ1v) is 11.2. The van der Waals surface area contributed by atoms with E-state index in [1.54, 1.807) is 26.0 Å². The second-order valence-electron chi connectivity index (χ2n) is 9.10. The highest BCUT2D eigenvalue weighted by Gasteiger charge is 2.46. The molecule has 2 aromatic heterocycles. The first-order chi connectivity index (χ1) is 16.4. The van der Waals surface area contributed by atoms with E-state index in [4.69, 9.17) is 0 Å². The smallest absolute Gasteiger partial charge is 0.352 e. The maximum atomic E-state index is 14.5. The standard InChI is InChI=1S/C24H24F5N5O/c1-14-9-23(25,26)13-34(19(14)12-32-22-30-10-18(11-31-22)24(27,28)29)21(35)20-17(7-3-15(2)33-20)8-6-16-4-5-16/h3,7,10-11,14,16,19H,4-5,9,12-13H2,1-2H3,(H,30,31,32)/t14-,19?/m1/s1. The maximum Gasteiger partial charge on any atom is 0.419 e. The number of rotatable bonds is 4.